The van der Waals surface area contributed by atoms with Crippen molar-refractivity contribution in [1.29, 1.82) is 0 Å². The highest BCUT2D eigenvalue weighted by molar-refractivity contribution is 7.89. The SMILES string of the molecule is CC(=O)N1C[C@@H]2CC[C@H](C1)N(S(=O)(=O)c1cccc(Cl)c1C)C2. The molecule has 0 spiro atoms. The smallest absolute Gasteiger partial charge is 0.243 e. The molecule has 2 bridgehead atoms. The monoisotopic (exact) mass is 356 g/mol. The van der Waals surface area contributed by atoms with E-state index in [0.717, 1.165) is 12.8 Å². The van der Waals surface area contributed by atoms with Crippen LogP contribution in [0, 0.1) is 12.8 Å². The summed E-state index contributed by atoms with van der Waals surface area (Å²) in [6.45, 7) is 4.87. The lowest BCUT2D eigenvalue weighted by molar-refractivity contribution is -0.129. The first-order chi connectivity index (χ1) is 10.8. The van der Waals surface area contributed by atoms with Crippen LogP contribution in [0.3, 0.4) is 0 Å². The van der Waals surface area contributed by atoms with Crippen molar-refractivity contribution in [2.45, 2.75) is 37.6 Å². The first-order valence-electron chi connectivity index (χ1n) is 7.83. The van der Waals surface area contributed by atoms with Crippen LogP contribution in [0.2, 0.25) is 5.02 Å². The first kappa shape index (κ1) is 16.7. The fraction of sp³-hybridized carbons (Fsp3) is 0.562. The molecule has 0 radical (unpaired) electrons. The molecule has 0 aliphatic carbocycles. The summed E-state index contributed by atoms with van der Waals surface area (Å²) in [6.07, 6.45) is 1.77. The van der Waals surface area contributed by atoms with E-state index in [-0.39, 0.29) is 22.8 Å². The average Bonchev–Trinajstić information content (AvgIpc) is 2.82. The van der Waals surface area contributed by atoms with E-state index in [2.05, 4.69) is 0 Å². The minimum absolute atomic E-state index is 0.0140. The van der Waals surface area contributed by atoms with Crippen molar-refractivity contribution < 1.29 is 13.2 Å². The van der Waals surface area contributed by atoms with Crippen molar-refractivity contribution in [2.75, 3.05) is 19.6 Å². The molecule has 3 heterocycles. The second-order valence-corrected chi connectivity index (χ2v) is 8.73. The van der Waals surface area contributed by atoms with Crippen molar-refractivity contribution in [3.63, 3.8) is 0 Å². The summed E-state index contributed by atoms with van der Waals surface area (Å²) in [7, 11) is -3.61. The number of carbonyl (C=O) groups is 1. The number of benzene rings is 1. The van der Waals surface area contributed by atoms with Crippen LogP contribution in [0.5, 0.6) is 0 Å². The Morgan fingerprint density at radius 1 is 1.22 bits per heavy atom. The van der Waals surface area contributed by atoms with Gasteiger partial charge in [0.05, 0.1) is 4.90 Å². The molecular formula is C16H21ClN2O3S. The van der Waals surface area contributed by atoms with E-state index < -0.39 is 10.0 Å². The highest BCUT2D eigenvalue weighted by Gasteiger charge is 2.42. The molecule has 4 rings (SSSR count). The van der Waals surface area contributed by atoms with Crippen LogP contribution < -0.4 is 0 Å². The molecule has 1 aromatic carbocycles. The van der Waals surface area contributed by atoms with Crippen LogP contribution in [-0.4, -0.2) is 49.2 Å². The first-order valence-corrected chi connectivity index (χ1v) is 9.65. The second kappa shape index (κ2) is 6.07. The average molecular weight is 357 g/mol. The van der Waals surface area contributed by atoms with E-state index >= 15 is 0 Å². The minimum Gasteiger partial charge on any atom is -0.341 e. The van der Waals surface area contributed by atoms with E-state index in [1.165, 1.54) is 0 Å². The van der Waals surface area contributed by atoms with Crippen molar-refractivity contribution >= 4 is 27.5 Å². The van der Waals surface area contributed by atoms with Gasteiger partial charge in [-0.05, 0) is 43.4 Å². The number of amides is 1. The van der Waals surface area contributed by atoms with Crippen LogP contribution in [-0.2, 0) is 14.8 Å². The molecular weight excluding hydrogens is 336 g/mol. The topological polar surface area (TPSA) is 57.7 Å². The molecule has 7 heteroatoms. The Morgan fingerprint density at radius 2 is 1.96 bits per heavy atom. The zero-order chi connectivity index (χ0) is 16.8. The predicted molar refractivity (Wildman–Crippen MR) is 88.8 cm³/mol. The molecule has 0 aromatic heterocycles. The molecule has 1 aromatic rings. The second-order valence-electron chi connectivity index (χ2n) is 6.46. The van der Waals surface area contributed by atoms with Gasteiger partial charge in [0, 0.05) is 37.6 Å². The Morgan fingerprint density at radius 3 is 2.65 bits per heavy atom. The Balaban J connectivity index is 1.98. The summed E-state index contributed by atoms with van der Waals surface area (Å²) in [5, 5.41) is 0.455. The van der Waals surface area contributed by atoms with E-state index in [1.807, 2.05) is 0 Å². The van der Waals surface area contributed by atoms with Crippen LogP contribution in [0.15, 0.2) is 23.1 Å². The Bertz CT molecular complexity index is 735. The number of hydrogen-bond acceptors (Lipinski definition) is 3. The van der Waals surface area contributed by atoms with Gasteiger partial charge >= 0.3 is 0 Å². The van der Waals surface area contributed by atoms with Crippen molar-refractivity contribution in [2.24, 2.45) is 5.92 Å². The number of hydrogen-bond donors (Lipinski definition) is 0. The summed E-state index contributed by atoms with van der Waals surface area (Å²) in [5.41, 5.74) is 0.581. The minimum atomic E-state index is -3.61. The third-order valence-corrected chi connectivity index (χ3v) is 7.39. The van der Waals surface area contributed by atoms with Gasteiger partial charge in [-0.2, -0.15) is 4.31 Å². The lowest BCUT2D eigenvalue weighted by Crippen LogP contribution is -2.47. The normalized spacial score (nSPS) is 25.4. The van der Waals surface area contributed by atoms with E-state index in [1.54, 1.807) is 41.3 Å². The molecule has 3 aliphatic heterocycles. The third kappa shape index (κ3) is 2.99. The van der Waals surface area contributed by atoms with Gasteiger partial charge in [0.15, 0.2) is 0 Å². The summed E-state index contributed by atoms with van der Waals surface area (Å²) in [4.78, 5) is 13.8. The summed E-state index contributed by atoms with van der Waals surface area (Å²) >= 11 is 6.10. The quantitative estimate of drug-likeness (QED) is 0.816. The molecule has 5 nitrogen and oxygen atoms in total. The summed E-state index contributed by atoms with van der Waals surface area (Å²) in [6, 6.07) is 4.82. The standard InChI is InChI=1S/C16H21ClN2O3S/c1-11-15(17)4-3-5-16(11)23(21,22)19-9-13-6-7-14(19)10-18(8-13)12(2)20/h3-5,13-14H,6-10H2,1-2H3/t13-,14+/m0/s1. The summed E-state index contributed by atoms with van der Waals surface area (Å²) < 4.78 is 27.9. The van der Waals surface area contributed by atoms with E-state index in [4.69, 9.17) is 11.6 Å². The molecule has 23 heavy (non-hydrogen) atoms. The lowest BCUT2D eigenvalue weighted by atomic mass is 9.97. The molecule has 126 valence electrons. The number of carbonyl (C=O) groups excluding carboxylic acids is 1. The number of halogens is 1. The van der Waals surface area contributed by atoms with Crippen molar-refractivity contribution in [1.82, 2.24) is 9.21 Å². The number of rotatable bonds is 2. The van der Waals surface area contributed by atoms with Gasteiger partial charge in [-0.25, -0.2) is 8.42 Å². The van der Waals surface area contributed by atoms with Gasteiger partial charge in [-0.1, -0.05) is 17.7 Å². The number of nitrogens with zero attached hydrogens (tertiary/aromatic N) is 2. The van der Waals surface area contributed by atoms with Crippen LogP contribution >= 0.6 is 11.6 Å². The van der Waals surface area contributed by atoms with Crippen molar-refractivity contribution in [3.8, 4) is 0 Å². The largest absolute Gasteiger partial charge is 0.341 e. The molecule has 3 fully saturated rings. The Kier molecular flexibility index (Phi) is 4.42. The maximum Gasteiger partial charge on any atom is 0.243 e. The molecule has 0 saturated carbocycles. The lowest BCUT2D eigenvalue weighted by Gasteiger charge is -2.35. The van der Waals surface area contributed by atoms with Gasteiger partial charge in [0.25, 0.3) is 0 Å². The number of piperidine rings is 1. The Hall–Kier alpha value is -1.11. The van der Waals surface area contributed by atoms with Gasteiger partial charge < -0.3 is 4.90 Å². The molecule has 1 amide bonds. The van der Waals surface area contributed by atoms with Crippen LogP contribution in [0.4, 0.5) is 0 Å². The molecule has 0 N–H and O–H groups in total. The predicted octanol–water partition coefficient (Wildman–Crippen LogP) is 2.28. The fourth-order valence-electron chi connectivity index (χ4n) is 3.58. The summed E-state index contributed by atoms with van der Waals surface area (Å²) in [5.74, 6) is 0.215. The Labute approximate surface area is 142 Å². The van der Waals surface area contributed by atoms with E-state index in [0.29, 0.717) is 30.2 Å². The van der Waals surface area contributed by atoms with Gasteiger partial charge in [0.2, 0.25) is 15.9 Å². The fourth-order valence-corrected chi connectivity index (χ4v) is 5.79. The maximum atomic E-state index is 13.1. The number of fused-ring (bicyclic) bond motifs is 4. The zero-order valence-electron chi connectivity index (χ0n) is 13.3. The molecule has 0 unspecified atom stereocenters. The highest BCUT2D eigenvalue weighted by Crippen LogP contribution is 2.34. The van der Waals surface area contributed by atoms with Gasteiger partial charge in [-0.15, -0.1) is 0 Å². The van der Waals surface area contributed by atoms with Crippen molar-refractivity contribution in [3.05, 3.63) is 28.8 Å². The number of sulfonamides is 1. The molecule has 3 saturated heterocycles. The van der Waals surface area contributed by atoms with Crippen LogP contribution in [0.1, 0.15) is 25.3 Å². The molecule has 3 aliphatic rings. The zero-order valence-corrected chi connectivity index (χ0v) is 14.9. The van der Waals surface area contributed by atoms with Gasteiger partial charge in [-0.3, -0.25) is 4.79 Å². The van der Waals surface area contributed by atoms with E-state index in [9.17, 15) is 13.2 Å². The highest BCUT2D eigenvalue weighted by atomic mass is 35.5. The maximum absolute atomic E-state index is 13.1. The molecule has 2 atom stereocenters. The van der Waals surface area contributed by atoms with Gasteiger partial charge in [0.1, 0.15) is 0 Å². The third-order valence-electron chi connectivity index (χ3n) is 4.91. The van der Waals surface area contributed by atoms with Crippen LogP contribution in [0.25, 0.3) is 0 Å².